The molecule has 6 heteroatoms. The lowest BCUT2D eigenvalue weighted by Crippen LogP contribution is -2.44. The Kier molecular flexibility index (Phi) is 5.15. The summed E-state index contributed by atoms with van der Waals surface area (Å²) >= 11 is 1.20. The van der Waals surface area contributed by atoms with Crippen molar-refractivity contribution >= 4 is 23.2 Å². The summed E-state index contributed by atoms with van der Waals surface area (Å²) in [5, 5.41) is 4.44. The summed E-state index contributed by atoms with van der Waals surface area (Å²) in [5.74, 6) is -1.81. The van der Waals surface area contributed by atoms with Crippen molar-refractivity contribution in [2.45, 2.75) is 32.4 Å². The van der Waals surface area contributed by atoms with Gasteiger partial charge in [0, 0.05) is 11.1 Å². The van der Waals surface area contributed by atoms with E-state index in [1.807, 2.05) is 0 Å². The zero-order valence-corrected chi connectivity index (χ0v) is 13.9. The van der Waals surface area contributed by atoms with E-state index in [1.165, 1.54) is 29.5 Å². The first-order valence-corrected chi connectivity index (χ1v) is 7.97. The van der Waals surface area contributed by atoms with Crippen LogP contribution in [0.2, 0.25) is 0 Å². The number of rotatable bonds is 4. The second-order valence-corrected chi connectivity index (χ2v) is 6.97. The molecule has 23 heavy (non-hydrogen) atoms. The van der Waals surface area contributed by atoms with Crippen molar-refractivity contribution in [1.29, 1.82) is 0 Å². The minimum Gasteiger partial charge on any atom is -0.443 e. The summed E-state index contributed by atoms with van der Waals surface area (Å²) in [5.41, 5.74) is -0.505. The highest BCUT2D eigenvalue weighted by molar-refractivity contribution is 7.11. The molecular formula is C17H18FNO3S. The van der Waals surface area contributed by atoms with Gasteiger partial charge < -0.3 is 10.1 Å². The van der Waals surface area contributed by atoms with Gasteiger partial charge in [0.15, 0.2) is 0 Å². The average Bonchev–Trinajstić information content (AvgIpc) is 2.97. The fourth-order valence-corrected chi connectivity index (χ4v) is 2.55. The number of amides is 1. The highest BCUT2D eigenvalue weighted by Gasteiger charge is 2.30. The van der Waals surface area contributed by atoms with Crippen LogP contribution in [0, 0.1) is 5.82 Å². The van der Waals surface area contributed by atoms with Crippen LogP contribution in [-0.2, 0) is 9.53 Å². The summed E-state index contributed by atoms with van der Waals surface area (Å²) in [6.07, 6.45) is -1.34. The van der Waals surface area contributed by atoms with E-state index in [-0.39, 0.29) is 5.56 Å². The lowest BCUT2D eigenvalue weighted by atomic mass is 10.0. The maximum atomic E-state index is 14.1. The van der Waals surface area contributed by atoms with Gasteiger partial charge in [-0.05, 0) is 38.3 Å². The van der Waals surface area contributed by atoms with Crippen molar-refractivity contribution in [1.82, 2.24) is 5.32 Å². The number of hydrogen-bond acceptors (Lipinski definition) is 4. The molecule has 0 aliphatic heterocycles. The van der Waals surface area contributed by atoms with Crippen molar-refractivity contribution in [3.63, 3.8) is 0 Å². The average molecular weight is 335 g/mol. The predicted molar refractivity (Wildman–Crippen MR) is 86.8 cm³/mol. The van der Waals surface area contributed by atoms with Gasteiger partial charge in [-0.1, -0.05) is 24.3 Å². The maximum absolute atomic E-state index is 14.1. The van der Waals surface area contributed by atoms with Crippen LogP contribution in [0.25, 0.3) is 0 Å². The first kappa shape index (κ1) is 17.1. The number of thiophene rings is 1. The molecule has 0 aliphatic rings. The Morgan fingerprint density at radius 2 is 1.87 bits per heavy atom. The Balaban J connectivity index is 2.30. The highest BCUT2D eigenvalue weighted by atomic mass is 32.1. The summed E-state index contributed by atoms with van der Waals surface area (Å²) in [7, 11) is 0. The zero-order valence-electron chi connectivity index (χ0n) is 13.1. The van der Waals surface area contributed by atoms with Crippen LogP contribution in [0.1, 0.15) is 42.1 Å². The van der Waals surface area contributed by atoms with Gasteiger partial charge in [-0.3, -0.25) is 4.79 Å². The number of nitrogens with one attached hydrogen (secondary N) is 1. The van der Waals surface area contributed by atoms with Crippen molar-refractivity contribution in [2.75, 3.05) is 0 Å². The lowest BCUT2D eigenvalue weighted by molar-refractivity contribution is -0.132. The van der Waals surface area contributed by atoms with Crippen molar-refractivity contribution in [2.24, 2.45) is 0 Å². The Hall–Kier alpha value is -2.21. The normalized spacial score (nSPS) is 12.5. The van der Waals surface area contributed by atoms with Crippen molar-refractivity contribution in [3.8, 4) is 0 Å². The Morgan fingerprint density at radius 1 is 1.17 bits per heavy atom. The van der Waals surface area contributed by atoms with E-state index in [9.17, 15) is 14.0 Å². The van der Waals surface area contributed by atoms with E-state index in [2.05, 4.69) is 5.32 Å². The third-order valence-electron chi connectivity index (χ3n) is 2.87. The minimum absolute atomic E-state index is 0.0270. The van der Waals surface area contributed by atoms with Crippen LogP contribution in [-0.4, -0.2) is 17.4 Å². The van der Waals surface area contributed by atoms with Crippen LogP contribution in [0.4, 0.5) is 4.39 Å². The molecule has 0 saturated carbocycles. The molecule has 0 saturated heterocycles. The van der Waals surface area contributed by atoms with Crippen molar-refractivity contribution in [3.05, 3.63) is 58.0 Å². The first-order chi connectivity index (χ1) is 10.8. The fourth-order valence-electron chi connectivity index (χ4n) is 1.94. The molecule has 1 N–H and O–H groups in total. The third-order valence-corrected chi connectivity index (χ3v) is 3.72. The van der Waals surface area contributed by atoms with Gasteiger partial charge in [-0.2, -0.15) is 0 Å². The molecular weight excluding hydrogens is 317 g/mol. The second kappa shape index (κ2) is 6.91. The summed E-state index contributed by atoms with van der Waals surface area (Å²) in [6, 6.07) is 9.06. The molecule has 1 atom stereocenters. The molecule has 122 valence electrons. The molecule has 2 aromatic rings. The third kappa shape index (κ3) is 4.63. The van der Waals surface area contributed by atoms with Crippen LogP contribution < -0.4 is 5.32 Å². The molecule has 0 spiro atoms. The van der Waals surface area contributed by atoms with E-state index >= 15 is 0 Å². The van der Waals surface area contributed by atoms with Crippen LogP contribution in [0.3, 0.4) is 0 Å². The smallest absolute Gasteiger partial charge is 0.349 e. The number of carbonyl (C=O) groups excluding carboxylic acids is 2. The fraction of sp³-hybridized carbons (Fsp3) is 0.294. The summed E-state index contributed by atoms with van der Waals surface area (Å²) in [4.78, 5) is 25.0. The first-order valence-electron chi connectivity index (χ1n) is 7.09. The minimum atomic E-state index is -1.34. The van der Waals surface area contributed by atoms with Gasteiger partial charge in [-0.25, -0.2) is 9.18 Å². The van der Waals surface area contributed by atoms with E-state index in [0.29, 0.717) is 4.88 Å². The highest BCUT2D eigenvalue weighted by Crippen LogP contribution is 2.24. The topological polar surface area (TPSA) is 55.4 Å². The molecule has 1 aromatic carbocycles. The summed E-state index contributed by atoms with van der Waals surface area (Å²) < 4.78 is 19.3. The van der Waals surface area contributed by atoms with Gasteiger partial charge in [0.05, 0.1) is 0 Å². The Labute approximate surface area is 138 Å². The van der Waals surface area contributed by atoms with Gasteiger partial charge in [0.1, 0.15) is 10.7 Å². The molecule has 1 unspecified atom stereocenters. The molecule has 1 heterocycles. The number of carbonyl (C=O) groups is 2. The number of esters is 1. The predicted octanol–water partition coefficient (Wildman–Crippen LogP) is 3.70. The largest absolute Gasteiger partial charge is 0.443 e. The van der Waals surface area contributed by atoms with Crippen LogP contribution >= 0.6 is 11.3 Å². The van der Waals surface area contributed by atoms with Crippen LogP contribution in [0.15, 0.2) is 41.8 Å². The van der Waals surface area contributed by atoms with Crippen LogP contribution in [0.5, 0.6) is 0 Å². The molecule has 0 fully saturated rings. The van der Waals surface area contributed by atoms with Gasteiger partial charge in [-0.15, -0.1) is 11.3 Å². The van der Waals surface area contributed by atoms with Gasteiger partial charge >= 0.3 is 5.97 Å². The van der Waals surface area contributed by atoms with E-state index < -0.39 is 29.3 Å². The standard InChI is InChI=1S/C17H18FNO3S/c1-17(2,3)19-15(20)14(11-7-4-5-8-12(11)18)22-16(21)13-9-6-10-23-13/h4-10,14H,1-3H3,(H,19,20). The molecule has 4 nitrogen and oxygen atoms in total. The van der Waals surface area contributed by atoms with E-state index in [4.69, 9.17) is 4.74 Å². The molecule has 0 bridgehead atoms. The quantitative estimate of drug-likeness (QED) is 0.867. The number of halogens is 1. The molecule has 0 aliphatic carbocycles. The second-order valence-electron chi connectivity index (χ2n) is 6.02. The summed E-state index contributed by atoms with van der Waals surface area (Å²) in [6.45, 7) is 5.39. The lowest BCUT2D eigenvalue weighted by Gasteiger charge is -2.25. The Bertz CT molecular complexity index is 692. The SMILES string of the molecule is CC(C)(C)NC(=O)C(OC(=O)c1cccs1)c1ccccc1F. The van der Waals surface area contributed by atoms with E-state index in [1.54, 1.807) is 44.4 Å². The van der Waals surface area contributed by atoms with E-state index in [0.717, 1.165) is 0 Å². The van der Waals surface area contributed by atoms with Gasteiger partial charge in [0.2, 0.25) is 6.10 Å². The van der Waals surface area contributed by atoms with Gasteiger partial charge in [0.25, 0.3) is 5.91 Å². The maximum Gasteiger partial charge on any atom is 0.349 e. The molecule has 0 radical (unpaired) electrons. The van der Waals surface area contributed by atoms with Crippen molar-refractivity contribution < 1.29 is 18.7 Å². The molecule has 1 aromatic heterocycles. The number of hydrogen-bond donors (Lipinski definition) is 1. The number of benzene rings is 1. The molecule has 2 rings (SSSR count). The Morgan fingerprint density at radius 3 is 2.43 bits per heavy atom. The molecule has 1 amide bonds. The zero-order chi connectivity index (χ0) is 17.0. The number of ether oxygens (including phenoxy) is 1. The monoisotopic (exact) mass is 335 g/mol.